The van der Waals surface area contributed by atoms with Crippen molar-refractivity contribution in [2.24, 2.45) is 5.73 Å². The van der Waals surface area contributed by atoms with Gasteiger partial charge in [0.15, 0.2) is 5.69 Å². The molecule has 10 heteroatoms. The molecule has 128 valence electrons. The molecule has 0 aliphatic heterocycles. The van der Waals surface area contributed by atoms with E-state index < -0.39 is 17.9 Å². The van der Waals surface area contributed by atoms with Crippen molar-refractivity contribution >= 4 is 23.2 Å². The minimum Gasteiger partial charge on any atom is -0.368 e. The number of carbonyl (C=O) groups excluding carboxylic acids is 2. The molecule has 25 heavy (non-hydrogen) atoms. The summed E-state index contributed by atoms with van der Waals surface area (Å²) >= 11 is 1.40. The van der Waals surface area contributed by atoms with Gasteiger partial charge < -0.3 is 11.1 Å². The molecule has 1 atom stereocenters. The number of aromatic nitrogens is 5. The van der Waals surface area contributed by atoms with Gasteiger partial charge in [-0.25, -0.2) is 4.68 Å². The molecule has 0 fully saturated rings. The quantitative estimate of drug-likeness (QED) is 0.670. The van der Waals surface area contributed by atoms with Crippen molar-refractivity contribution in [1.29, 1.82) is 0 Å². The van der Waals surface area contributed by atoms with Crippen molar-refractivity contribution in [3.05, 3.63) is 47.2 Å². The van der Waals surface area contributed by atoms with Crippen molar-refractivity contribution < 1.29 is 9.59 Å². The van der Waals surface area contributed by atoms with E-state index in [1.807, 2.05) is 30.3 Å². The number of rotatable bonds is 6. The van der Waals surface area contributed by atoms with E-state index in [9.17, 15) is 9.59 Å². The van der Waals surface area contributed by atoms with Gasteiger partial charge >= 0.3 is 0 Å². The normalized spacial score (nSPS) is 11.9. The van der Waals surface area contributed by atoms with Gasteiger partial charge in [-0.1, -0.05) is 46.9 Å². The molecule has 0 bridgehead atoms. The number of nitrogens with two attached hydrogens (primary N) is 1. The van der Waals surface area contributed by atoms with Crippen LogP contribution in [0.2, 0.25) is 0 Å². The van der Waals surface area contributed by atoms with Gasteiger partial charge in [0, 0.05) is 5.56 Å². The molecule has 3 N–H and O–H groups in total. The minimum atomic E-state index is -0.675. The zero-order chi connectivity index (χ0) is 17.8. The highest BCUT2D eigenvalue weighted by Crippen LogP contribution is 2.22. The van der Waals surface area contributed by atoms with E-state index in [4.69, 9.17) is 5.73 Å². The lowest BCUT2D eigenvalue weighted by atomic mass is 10.2. The Labute approximate surface area is 146 Å². The molecule has 3 rings (SSSR count). The van der Waals surface area contributed by atoms with Crippen LogP contribution in [0.5, 0.6) is 0 Å². The van der Waals surface area contributed by atoms with E-state index in [1.165, 1.54) is 22.2 Å². The fourth-order valence-electron chi connectivity index (χ4n) is 1.97. The molecule has 0 aliphatic rings. The molecule has 2 aromatic heterocycles. The lowest BCUT2D eigenvalue weighted by Crippen LogP contribution is -2.25. The van der Waals surface area contributed by atoms with Crippen LogP contribution in [0.25, 0.3) is 10.6 Å². The molecule has 3 aromatic rings. The molecule has 1 aromatic carbocycles. The van der Waals surface area contributed by atoms with Gasteiger partial charge in [0.25, 0.3) is 5.91 Å². The summed E-state index contributed by atoms with van der Waals surface area (Å²) in [5, 5.41) is 19.8. The van der Waals surface area contributed by atoms with Gasteiger partial charge in [0.05, 0.1) is 12.7 Å². The van der Waals surface area contributed by atoms with Gasteiger partial charge in [-0.2, -0.15) is 0 Å². The number of nitrogens with one attached hydrogen (secondary N) is 1. The number of carbonyl (C=O) groups is 2. The predicted octanol–water partition coefficient (Wildman–Crippen LogP) is 0.773. The Balaban J connectivity index is 1.61. The number of hydrogen-bond acceptors (Lipinski definition) is 7. The Morgan fingerprint density at radius 3 is 2.72 bits per heavy atom. The highest BCUT2D eigenvalue weighted by molar-refractivity contribution is 7.14. The number of primary amides is 1. The first-order valence-corrected chi connectivity index (χ1v) is 8.23. The van der Waals surface area contributed by atoms with E-state index in [1.54, 1.807) is 6.92 Å². The van der Waals surface area contributed by atoms with Crippen LogP contribution >= 0.6 is 11.3 Å². The fourth-order valence-corrected chi connectivity index (χ4v) is 2.75. The maximum Gasteiger partial charge on any atom is 0.273 e. The highest BCUT2D eigenvalue weighted by Gasteiger charge is 2.17. The second-order valence-electron chi connectivity index (χ2n) is 5.21. The van der Waals surface area contributed by atoms with E-state index in [2.05, 4.69) is 25.8 Å². The molecule has 2 heterocycles. The van der Waals surface area contributed by atoms with Gasteiger partial charge in [-0.15, -0.1) is 15.3 Å². The molecule has 0 saturated carbocycles. The summed E-state index contributed by atoms with van der Waals surface area (Å²) in [4.78, 5) is 23.2. The van der Waals surface area contributed by atoms with Crippen molar-refractivity contribution in [3.8, 4) is 10.6 Å². The highest BCUT2D eigenvalue weighted by atomic mass is 32.1. The van der Waals surface area contributed by atoms with Crippen LogP contribution in [-0.2, 0) is 11.3 Å². The van der Waals surface area contributed by atoms with E-state index in [0.29, 0.717) is 5.01 Å². The lowest BCUT2D eigenvalue weighted by molar-refractivity contribution is -0.120. The molecule has 2 amide bonds. The van der Waals surface area contributed by atoms with Crippen LogP contribution in [0, 0.1) is 0 Å². The molecule has 0 unspecified atom stereocenters. The van der Waals surface area contributed by atoms with Crippen LogP contribution in [0.4, 0.5) is 0 Å². The molecule has 0 radical (unpaired) electrons. The summed E-state index contributed by atoms with van der Waals surface area (Å²) in [6.45, 7) is 1.80. The van der Waals surface area contributed by atoms with Crippen molar-refractivity contribution in [1.82, 2.24) is 30.5 Å². The molecule has 0 saturated heterocycles. The van der Waals surface area contributed by atoms with Gasteiger partial charge in [0.1, 0.15) is 16.1 Å². The van der Waals surface area contributed by atoms with Crippen molar-refractivity contribution in [2.45, 2.75) is 19.5 Å². The summed E-state index contributed by atoms with van der Waals surface area (Å²) in [5.41, 5.74) is 6.27. The minimum absolute atomic E-state index is 0.0981. The maximum absolute atomic E-state index is 12.1. The van der Waals surface area contributed by atoms with E-state index >= 15 is 0 Å². The van der Waals surface area contributed by atoms with E-state index in [0.717, 1.165) is 10.6 Å². The smallest absolute Gasteiger partial charge is 0.273 e. The van der Waals surface area contributed by atoms with Crippen LogP contribution in [-0.4, -0.2) is 37.0 Å². The summed E-state index contributed by atoms with van der Waals surface area (Å²) in [7, 11) is 0. The molecular weight excluding hydrogens is 342 g/mol. The zero-order valence-electron chi connectivity index (χ0n) is 13.3. The Kier molecular flexibility index (Phi) is 4.80. The third kappa shape index (κ3) is 3.86. The summed E-state index contributed by atoms with van der Waals surface area (Å²) in [6, 6.07) is 8.99. The van der Waals surface area contributed by atoms with Crippen LogP contribution in [0.3, 0.4) is 0 Å². The Hall–Kier alpha value is -3.14. The third-order valence-corrected chi connectivity index (χ3v) is 4.41. The van der Waals surface area contributed by atoms with E-state index in [-0.39, 0.29) is 12.2 Å². The standard InChI is InChI=1S/C15H15N7O2S/c1-9(13(16)23)22-8-11(18-21-22)14(24)17-7-12-19-20-15(25-12)10-5-3-2-4-6-10/h2-6,8-9H,7H2,1H3,(H2,16,23)(H,17,24)/t9-/m1/s1. The summed E-state index contributed by atoms with van der Waals surface area (Å²) in [6.07, 6.45) is 1.38. The van der Waals surface area contributed by atoms with Crippen molar-refractivity contribution in [2.75, 3.05) is 0 Å². The Morgan fingerprint density at radius 1 is 1.24 bits per heavy atom. The SMILES string of the molecule is C[C@H](C(N)=O)n1cc(C(=O)NCc2nnc(-c3ccccc3)s2)nn1. The molecule has 9 nitrogen and oxygen atoms in total. The first-order chi connectivity index (χ1) is 12.0. The Morgan fingerprint density at radius 2 is 2.00 bits per heavy atom. The average molecular weight is 357 g/mol. The largest absolute Gasteiger partial charge is 0.368 e. The second-order valence-corrected chi connectivity index (χ2v) is 6.27. The second kappa shape index (κ2) is 7.18. The molecular formula is C15H15N7O2S. The molecule has 0 spiro atoms. The first-order valence-electron chi connectivity index (χ1n) is 7.41. The topological polar surface area (TPSA) is 129 Å². The fraction of sp³-hybridized carbons (Fsp3) is 0.200. The third-order valence-electron chi connectivity index (χ3n) is 3.44. The number of hydrogen-bond donors (Lipinski definition) is 2. The summed E-state index contributed by atoms with van der Waals surface area (Å²) in [5.74, 6) is -0.974. The number of nitrogens with zero attached hydrogens (tertiary/aromatic N) is 5. The van der Waals surface area contributed by atoms with Gasteiger partial charge in [-0.3, -0.25) is 9.59 Å². The summed E-state index contributed by atoms with van der Waals surface area (Å²) < 4.78 is 1.25. The zero-order valence-corrected chi connectivity index (χ0v) is 14.1. The van der Waals surface area contributed by atoms with Crippen LogP contribution < -0.4 is 11.1 Å². The number of benzene rings is 1. The Bertz CT molecular complexity index is 890. The first kappa shape index (κ1) is 16.7. The predicted molar refractivity (Wildman–Crippen MR) is 90.4 cm³/mol. The lowest BCUT2D eigenvalue weighted by Gasteiger charge is -2.04. The van der Waals surface area contributed by atoms with Crippen LogP contribution in [0.15, 0.2) is 36.5 Å². The maximum atomic E-state index is 12.1. The number of amides is 2. The van der Waals surface area contributed by atoms with Crippen LogP contribution in [0.1, 0.15) is 28.5 Å². The van der Waals surface area contributed by atoms with Gasteiger partial charge in [0.2, 0.25) is 5.91 Å². The molecule has 0 aliphatic carbocycles. The monoisotopic (exact) mass is 357 g/mol. The van der Waals surface area contributed by atoms with Gasteiger partial charge in [-0.05, 0) is 6.92 Å². The van der Waals surface area contributed by atoms with Crippen molar-refractivity contribution in [3.63, 3.8) is 0 Å². The average Bonchev–Trinajstić information content (AvgIpc) is 3.29.